The van der Waals surface area contributed by atoms with E-state index in [2.05, 4.69) is 194 Å². The molecule has 0 bridgehead atoms. The largest absolute Gasteiger partial charge is 0.310 e. The van der Waals surface area contributed by atoms with Crippen LogP contribution in [-0.2, 0) is 0 Å². The topological polar surface area (TPSA) is 42.9 Å². The quantitative estimate of drug-likeness (QED) is 0.127. The third kappa shape index (κ3) is 4.09. The van der Waals surface area contributed by atoms with Crippen LogP contribution in [0.4, 0.5) is 5.69 Å². The van der Waals surface area contributed by atoms with Crippen LogP contribution in [0.3, 0.4) is 0 Å². The highest BCUT2D eigenvalue weighted by atomic mass is 15.0. The second-order valence-electron chi connectivity index (χ2n) is 17.4. The lowest BCUT2D eigenvalue weighted by Crippen LogP contribution is -2.59. The molecule has 0 fully saturated rings. The highest BCUT2D eigenvalue weighted by Crippen LogP contribution is 2.46. The minimum Gasteiger partial charge on any atom is -0.310 e. The van der Waals surface area contributed by atoms with Gasteiger partial charge in [0.15, 0.2) is 5.69 Å². The first-order valence-electron chi connectivity index (χ1n) is 21.7. The lowest BCUT2D eigenvalue weighted by molar-refractivity contribution is 1.14. The molecular formula is C58H30BN5. The van der Waals surface area contributed by atoms with Gasteiger partial charge in [-0.25, -0.2) is 4.85 Å². The molecule has 290 valence electrons. The Morgan fingerprint density at radius 2 is 1.05 bits per heavy atom. The second kappa shape index (κ2) is 12.0. The maximum Gasteiger partial charge on any atom is 0.252 e. The van der Waals surface area contributed by atoms with Crippen molar-refractivity contribution in [1.29, 1.82) is 5.26 Å². The zero-order valence-electron chi connectivity index (χ0n) is 34.1. The molecule has 0 saturated heterocycles. The predicted octanol–water partition coefficient (Wildman–Crippen LogP) is 12.5. The van der Waals surface area contributed by atoms with Crippen molar-refractivity contribution in [1.82, 2.24) is 13.7 Å². The van der Waals surface area contributed by atoms with Crippen molar-refractivity contribution in [3.63, 3.8) is 0 Å². The Morgan fingerprint density at radius 1 is 0.469 bits per heavy atom. The zero-order valence-corrected chi connectivity index (χ0v) is 34.1. The first kappa shape index (κ1) is 33.8. The zero-order chi connectivity index (χ0) is 41.9. The summed E-state index contributed by atoms with van der Waals surface area (Å²) in [4.78, 5) is 3.94. The molecule has 10 aromatic carbocycles. The lowest BCUT2D eigenvalue weighted by atomic mass is 9.34. The lowest BCUT2D eigenvalue weighted by Gasteiger charge is -2.34. The van der Waals surface area contributed by atoms with Gasteiger partial charge in [0, 0.05) is 49.5 Å². The van der Waals surface area contributed by atoms with E-state index >= 15 is 0 Å². The van der Waals surface area contributed by atoms with Crippen molar-refractivity contribution >= 4 is 116 Å². The van der Waals surface area contributed by atoms with E-state index in [1.165, 1.54) is 70.5 Å². The van der Waals surface area contributed by atoms with Gasteiger partial charge in [0.2, 0.25) is 0 Å². The molecule has 2 aliphatic rings. The summed E-state index contributed by atoms with van der Waals surface area (Å²) in [6.07, 6.45) is 0. The minimum absolute atomic E-state index is 0.0987. The summed E-state index contributed by atoms with van der Waals surface area (Å²) in [5, 5.41) is 21.9. The molecule has 0 saturated carbocycles. The van der Waals surface area contributed by atoms with Crippen LogP contribution < -0.4 is 16.4 Å². The number of hydrogen-bond acceptors (Lipinski definition) is 1. The summed E-state index contributed by atoms with van der Waals surface area (Å²) < 4.78 is 7.41. The molecule has 0 spiro atoms. The Labute approximate surface area is 366 Å². The summed E-state index contributed by atoms with van der Waals surface area (Å²) in [6, 6.07) is 68.3. The molecule has 0 radical (unpaired) electrons. The summed E-state index contributed by atoms with van der Waals surface area (Å²) in [7, 11) is 0. The van der Waals surface area contributed by atoms with Crippen molar-refractivity contribution in [2.45, 2.75) is 0 Å². The number of fused-ring (bicyclic) bond motifs is 17. The van der Waals surface area contributed by atoms with Gasteiger partial charge in [-0.2, -0.15) is 5.26 Å². The van der Waals surface area contributed by atoms with E-state index in [0.717, 1.165) is 61.0 Å². The van der Waals surface area contributed by atoms with Crippen molar-refractivity contribution < 1.29 is 0 Å². The molecule has 0 N–H and O–H groups in total. The normalized spacial score (nSPS) is 12.6. The first-order chi connectivity index (χ1) is 31.7. The molecule has 64 heavy (non-hydrogen) atoms. The number of nitriles is 1. The second-order valence-corrected chi connectivity index (χ2v) is 17.4. The van der Waals surface area contributed by atoms with Gasteiger partial charge < -0.3 is 13.7 Å². The Balaban J connectivity index is 1.18. The molecule has 0 aliphatic carbocycles. The molecule has 5 nitrogen and oxygen atoms in total. The highest BCUT2D eigenvalue weighted by molar-refractivity contribution is 7.00. The summed E-state index contributed by atoms with van der Waals surface area (Å²) in [6.45, 7) is 7.99. The Bertz CT molecular complexity index is 4200. The molecule has 3 aromatic heterocycles. The van der Waals surface area contributed by atoms with Gasteiger partial charge in [0.05, 0.1) is 45.8 Å². The standard InChI is InChI=1S/C58H30BN5/c1-61-37-23-25-49-44(31-37)55-40-17-8-6-13-35(40)28-46-58(55)64(49)52-30-36(41-19-11-21-50-53(41)42-18-9-10-20-47(42)62(50)38-14-3-2-4-15-38)29-51-56(52)59(46)45-27-34-12-5-7-16-39(34)54-43-26-33(32-60)22-24-48(43)63(51)57(45)54/h2-31H. The van der Waals surface area contributed by atoms with Gasteiger partial charge in [0.25, 0.3) is 6.71 Å². The smallest absolute Gasteiger partial charge is 0.252 e. The third-order valence-electron chi connectivity index (χ3n) is 14.4. The van der Waals surface area contributed by atoms with Crippen LogP contribution in [0.25, 0.3) is 120 Å². The summed E-state index contributed by atoms with van der Waals surface area (Å²) in [5.41, 5.74) is 17.6. The number of aromatic nitrogens is 3. The van der Waals surface area contributed by atoms with Crippen LogP contribution in [0.2, 0.25) is 0 Å². The molecule has 13 aromatic rings. The number of nitrogens with zero attached hydrogens (tertiary/aromatic N) is 5. The van der Waals surface area contributed by atoms with Gasteiger partial charge in [-0.15, -0.1) is 0 Å². The van der Waals surface area contributed by atoms with Crippen molar-refractivity contribution in [2.75, 3.05) is 0 Å². The van der Waals surface area contributed by atoms with E-state index in [1.54, 1.807) is 0 Å². The van der Waals surface area contributed by atoms with Gasteiger partial charge in [0.1, 0.15) is 0 Å². The van der Waals surface area contributed by atoms with Gasteiger partial charge >= 0.3 is 0 Å². The highest BCUT2D eigenvalue weighted by Gasteiger charge is 2.42. The average Bonchev–Trinajstić information content (AvgIpc) is 4.01. The van der Waals surface area contributed by atoms with Crippen LogP contribution in [0, 0.1) is 17.9 Å². The maximum absolute atomic E-state index is 10.3. The molecule has 0 amide bonds. The fourth-order valence-corrected chi connectivity index (χ4v) is 12.0. The number of rotatable bonds is 2. The summed E-state index contributed by atoms with van der Waals surface area (Å²) >= 11 is 0. The summed E-state index contributed by atoms with van der Waals surface area (Å²) in [5.74, 6) is 0. The van der Waals surface area contributed by atoms with E-state index in [0.29, 0.717) is 11.3 Å². The molecule has 6 heteroatoms. The number of benzene rings is 10. The van der Waals surface area contributed by atoms with Crippen LogP contribution >= 0.6 is 0 Å². The minimum atomic E-state index is -0.0987. The van der Waals surface area contributed by atoms with Gasteiger partial charge in [-0.3, -0.25) is 0 Å². The van der Waals surface area contributed by atoms with Gasteiger partial charge in [-0.05, 0) is 121 Å². The molecule has 0 unspecified atom stereocenters. The molecule has 5 heterocycles. The van der Waals surface area contributed by atoms with Crippen molar-refractivity contribution in [3.8, 4) is 34.3 Å². The average molecular weight is 808 g/mol. The molecule has 2 aliphatic heterocycles. The fourth-order valence-electron chi connectivity index (χ4n) is 12.0. The predicted molar refractivity (Wildman–Crippen MR) is 266 cm³/mol. The van der Waals surface area contributed by atoms with E-state index in [1.807, 2.05) is 12.1 Å². The third-order valence-corrected chi connectivity index (χ3v) is 14.4. The van der Waals surface area contributed by atoms with Gasteiger partial charge in [-0.1, -0.05) is 115 Å². The molecule has 15 rings (SSSR count). The Kier molecular flexibility index (Phi) is 6.32. The maximum atomic E-state index is 10.3. The number of para-hydroxylation sites is 2. The van der Waals surface area contributed by atoms with Crippen LogP contribution in [-0.4, -0.2) is 20.4 Å². The monoisotopic (exact) mass is 807 g/mol. The van der Waals surface area contributed by atoms with E-state index < -0.39 is 0 Å². The van der Waals surface area contributed by atoms with Crippen LogP contribution in [0.5, 0.6) is 0 Å². The van der Waals surface area contributed by atoms with Crippen molar-refractivity contribution in [2.24, 2.45) is 0 Å². The van der Waals surface area contributed by atoms with Crippen LogP contribution in [0.1, 0.15) is 5.56 Å². The SMILES string of the molecule is [C-]#[N+]c1ccc2c(c1)c1c3ccccc3cc3c1n2-c1cc(-c2cccc4c2c2ccccc2n4-c2ccccc2)cc2c1B3c1cc3ccccc3c3c4cc(C#N)ccc4n-2c13. The molecular weight excluding hydrogens is 777 g/mol. The Morgan fingerprint density at radius 3 is 1.72 bits per heavy atom. The van der Waals surface area contributed by atoms with E-state index in [-0.39, 0.29) is 6.71 Å². The Hall–Kier alpha value is -8.84. The fraction of sp³-hybridized carbons (Fsp3) is 0. The van der Waals surface area contributed by atoms with Crippen LogP contribution in [0.15, 0.2) is 182 Å². The van der Waals surface area contributed by atoms with E-state index in [9.17, 15) is 5.26 Å². The first-order valence-corrected chi connectivity index (χ1v) is 21.7. The number of hydrogen-bond donors (Lipinski definition) is 0. The van der Waals surface area contributed by atoms with E-state index in [4.69, 9.17) is 6.57 Å². The molecule has 0 atom stereocenters. The van der Waals surface area contributed by atoms with Crippen molar-refractivity contribution in [3.05, 3.63) is 199 Å².